The van der Waals surface area contributed by atoms with Gasteiger partial charge >= 0.3 is 5.97 Å². The molecule has 1 aromatic heterocycles. The monoisotopic (exact) mass is 336 g/mol. The van der Waals surface area contributed by atoms with Crippen molar-refractivity contribution in [3.8, 4) is 0 Å². The molecule has 8 nitrogen and oxygen atoms in total. The molecule has 0 bridgehead atoms. The van der Waals surface area contributed by atoms with E-state index in [1.807, 2.05) is 0 Å². The minimum atomic E-state index is -4.06. The fourth-order valence-electron chi connectivity index (χ4n) is 1.55. The Kier molecular flexibility index (Phi) is 5.07. The van der Waals surface area contributed by atoms with Crippen LogP contribution in [0.15, 0.2) is 28.3 Å². The van der Waals surface area contributed by atoms with Crippen LogP contribution in [0.1, 0.15) is 13.8 Å². The predicted molar refractivity (Wildman–Crippen MR) is 74.0 cm³/mol. The average Bonchev–Trinajstić information content (AvgIpc) is 2.34. The summed E-state index contributed by atoms with van der Waals surface area (Å²) in [5.41, 5.74) is 0. The summed E-state index contributed by atoms with van der Waals surface area (Å²) in [4.78, 5) is 14.1. The molecule has 10 heteroatoms. The van der Waals surface area contributed by atoms with E-state index in [2.05, 4.69) is 4.98 Å². The maximum absolute atomic E-state index is 12.3. The number of hydrogen-bond donors (Lipinski definition) is 1. The number of aromatic nitrogens is 1. The molecule has 0 aliphatic carbocycles. The second-order valence-electron chi connectivity index (χ2n) is 4.64. The average molecular weight is 336 g/mol. The second kappa shape index (κ2) is 6.08. The zero-order valence-electron chi connectivity index (χ0n) is 11.7. The maximum Gasteiger partial charge on any atom is 0.318 e. The molecule has 118 valence electrons. The summed E-state index contributed by atoms with van der Waals surface area (Å²) in [6.45, 7) is 2.39. The molecule has 0 spiro atoms. The van der Waals surface area contributed by atoms with Crippen LogP contribution in [0.5, 0.6) is 0 Å². The smallest absolute Gasteiger partial charge is 0.318 e. The molecule has 21 heavy (non-hydrogen) atoms. The summed E-state index contributed by atoms with van der Waals surface area (Å²) in [5, 5.41) is 8.54. The van der Waals surface area contributed by atoms with Gasteiger partial charge < -0.3 is 5.11 Å². The van der Waals surface area contributed by atoms with E-state index < -0.39 is 38.4 Å². The Morgan fingerprint density at radius 1 is 1.29 bits per heavy atom. The lowest BCUT2D eigenvalue weighted by Crippen LogP contribution is -2.40. The zero-order chi connectivity index (χ0) is 16.4. The zero-order valence-corrected chi connectivity index (χ0v) is 13.3. The Hall–Kier alpha value is -1.52. The van der Waals surface area contributed by atoms with E-state index in [-0.39, 0.29) is 9.92 Å². The molecule has 0 aromatic carbocycles. The molecular weight excluding hydrogens is 320 g/mol. The maximum atomic E-state index is 12.3. The molecule has 1 rings (SSSR count). The van der Waals surface area contributed by atoms with E-state index >= 15 is 0 Å². The van der Waals surface area contributed by atoms with Gasteiger partial charge in [-0.25, -0.2) is 21.8 Å². The number of aliphatic carboxylic acids is 1. The molecule has 0 aliphatic rings. The number of nitrogens with zero attached hydrogens (tertiary/aromatic N) is 2. The van der Waals surface area contributed by atoms with Gasteiger partial charge in [-0.3, -0.25) is 4.79 Å². The van der Waals surface area contributed by atoms with Crippen molar-refractivity contribution >= 4 is 25.8 Å². The van der Waals surface area contributed by atoms with Gasteiger partial charge in [0.05, 0.1) is 0 Å². The van der Waals surface area contributed by atoms with Crippen LogP contribution >= 0.6 is 0 Å². The largest absolute Gasteiger partial charge is 0.480 e. The van der Waals surface area contributed by atoms with Crippen LogP contribution < -0.4 is 0 Å². The Balaban J connectivity index is 3.26. The van der Waals surface area contributed by atoms with Gasteiger partial charge in [-0.15, -0.1) is 0 Å². The first-order valence-electron chi connectivity index (χ1n) is 5.86. The molecule has 1 N–H and O–H groups in total. The highest BCUT2D eigenvalue weighted by molar-refractivity contribution is 7.90. The highest BCUT2D eigenvalue weighted by atomic mass is 32.2. The van der Waals surface area contributed by atoms with Crippen LogP contribution in [0.3, 0.4) is 0 Å². The lowest BCUT2D eigenvalue weighted by molar-refractivity contribution is -0.137. The van der Waals surface area contributed by atoms with E-state index in [0.29, 0.717) is 0 Å². The van der Waals surface area contributed by atoms with E-state index in [4.69, 9.17) is 5.11 Å². The number of carboxylic acid groups (broad SMARTS) is 1. The molecule has 1 aromatic rings. The van der Waals surface area contributed by atoms with Crippen LogP contribution in [0, 0.1) is 0 Å². The predicted octanol–water partition coefficient (Wildman–Crippen LogP) is -0.0312. The Bertz CT molecular complexity index is 722. The lowest BCUT2D eigenvalue weighted by atomic mass is 10.4. The van der Waals surface area contributed by atoms with E-state index in [0.717, 1.165) is 28.9 Å². The van der Waals surface area contributed by atoms with Crippen molar-refractivity contribution in [1.29, 1.82) is 0 Å². The van der Waals surface area contributed by atoms with Crippen LogP contribution in [-0.2, 0) is 24.7 Å². The van der Waals surface area contributed by atoms with Crippen molar-refractivity contribution in [2.75, 3.05) is 12.8 Å². The molecule has 0 aliphatic heterocycles. The SMILES string of the molecule is CC(C)N(CC(=O)O)S(=O)(=O)c1ccc(S(C)(=O)=O)nc1. The highest BCUT2D eigenvalue weighted by Gasteiger charge is 2.29. The number of sulfone groups is 1. The molecule has 0 saturated heterocycles. The van der Waals surface area contributed by atoms with Crippen LogP contribution in [-0.4, -0.2) is 56.0 Å². The van der Waals surface area contributed by atoms with Gasteiger partial charge in [-0.05, 0) is 26.0 Å². The summed E-state index contributed by atoms with van der Waals surface area (Å²) in [6, 6.07) is 1.60. The van der Waals surface area contributed by atoms with Crippen molar-refractivity contribution in [3.05, 3.63) is 18.3 Å². The fraction of sp³-hybridized carbons (Fsp3) is 0.455. The summed E-state index contributed by atoms with van der Waals surface area (Å²) in [7, 11) is -7.60. The third kappa shape index (κ3) is 4.22. The van der Waals surface area contributed by atoms with E-state index in [9.17, 15) is 21.6 Å². The number of sulfonamides is 1. The van der Waals surface area contributed by atoms with Gasteiger partial charge in [0.2, 0.25) is 10.0 Å². The molecule has 0 saturated carbocycles. The van der Waals surface area contributed by atoms with Crippen LogP contribution in [0.4, 0.5) is 0 Å². The standard InChI is InChI=1S/C11H16N2O6S2/c1-8(2)13(7-11(14)15)21(18,19)9-4-5-10(12-6-9)20(3,16)17/h4-6,8H,7H2,1-3H3,(H,14,15). The van der Waals surface area contributed by atoms with Gasteiger partial charge in [0.15, 0.2) is 14.9 Å². The number of carboxylic acids is 1. The molecule has 0 radical (unpaired) electrons. The molecule has 0 fully saturated rings. The first-order chi connectivity index (χ1) is 9.46. The summed E-state index contributed by atoms with van der Waals surface area (Å²) < 4.78 is 48.0. The molecule has 0 atom stereocenters. The van der Waals surface area contributed by atoms with Gasteiger partial charge in [-0.2, -0.15) is 4.31 Å². The van der Waals surface area contributed by atoms with E-state index in [1.54, 1.807) is 13.8 Å². The van der Waals surface area contributed by atoms with E-state index in [1.165, 1.54) is 0 Å². The Morgan fingerprint density at radius 2 is 1.86 bits per heavy atom. The fourth-order valence-corrected chi connectivity index (χ4v) is 3.64. The van der Waals surface area contributed by atoms with Gasteiger partial charge in [0.25, 0.3) is 0 Å². The Morgan fingerprint density at radius 3 is 2.19 bits per heavy atom. The minimum absolute atomic E-state index is 0.254. The normalized spacial score (nSPS) is 12.8. The Labute approximate surface area is 123 Å². The topological polar surface area (TPSA) is 122 Å². The summed E-state index contributed by atoms with van der Waals surface area (Å²) >= 11 is 0. The third-order valence-corrected chi connectivity index (χ3v) is 5.57. The number of rotatable bonds is 6. The van der Waals surface area contributed by atoms with Crippen LogP contribution in [0.2, 0.25) is 0 Å². The quantitative estimate of drug-likeness (QED) is 0.774. The first-order valence-corrected chi connectivity index (χ1v) is 9.19. The van der Waals surface area contributed by atoms with Crippen molar-refractivity contribution in [2.45, 2.75) is 29.8 Å². The molecular formula is C11H16N2O6S2. The van der Waals surface area contributed by atoms with Crippen molar-refractivity contribution < 1.29 is 26.7 Å². The van der Waals surface area contributed by atoms with Crippen molar-refractivity contribution in [1.82, 2.24) is 9.29 Å². The number of carbonyl (C=O) groups is 1. The summed E-state index contributed by atoms with van der Waals surface area (Å²) in [5.74, 6) is -1.28. The van der Waals surface area contributed by atoms with Crippen LogP contribution in [0.25, 0.3) is 0 Å². The lowest BCUT2D eigenvalue weighted by Gasteiger charge is -2.23. The van der Waals surface area contributed by atoms with Gasteiger partial charge in [-0.1, -0.05) is 0 Å². The number of pyridine rings is 1. The third-order valence-electron chi connectivity index (χ3n) is 2.56. The molecule has 0 amide bonds. The molecule has 0 unspecified atom stereocenters. The highest BCUT2D eigenvalue weighted by Crippen LogP contribution is 2.18. The van der Waals surface area contributed by atoms with Crippen molar-refractivity contribution in [3.63, 3.8) is 0 Å². The van der Waals surface area contributed by atoms with Gasteiger partial charge in [0, 0.05) is 18.5 Å². The molecule has 1 heterocycles. The first kappa shape index (κ1) is 17.5. The van der Waals surface area contributed by atoms with Gasteiger partial charge in [0.1, 0.15) is 11.4 Å². The second-order valence-corrected chi connectivity index (χ2v) is 8.50. The summed E-state index contributed by atoms with van der Waals surface area (Å²) in [6.07, 6.45) is 1.86. The van der Waals surface area contributed by atoms with Crippen molar-refractivity contribution in [2.24, 2.45) is 0 Å². The number of hydrogen-bond acceptors (Lipinski definition) is 6. The minimum Gasteiger partial charge on any atom is -0.480 e.